The molecule has 0 fully saturated rings. The number of benzene rings is 2. The van der Waals surface area contributed by atoms with Gasteiger partial charge in [0.15, 0.2) is 23.0 Å². The SMILES string of the molecule is CCOc1ccc(CN(CC)C(=O)/C=C/c2cc(OC)c(OC)c(OC)c2)cc1OC. The molecule has 0 aromatic heterocycles. The number of nitrogens with zero attached hydrogens (tertiary/aromatic N) is 1. The highest BCUT2D eigenvalue weighted by molar-refractivity contribution is 5.92. The Kier molecular flexibility index (Phi) is 9.06. The van der Waals surface area contributed by atoms with Gasteiger partial charge >= 0.3 is 0 Å². The minimum absolute atomic E-state index is 0.107. The summed E-state index contributed by atoms with van der Waals surface area (Å²) < 4.78 is 27.0. The zero-order valence-corrected chi connectivity index (χ0v) is 19.1. The van der Waals surface area contributed by atoms with Gasteiger partial charge in [-0.2, -0.15) is 0 Å². The number of methoxy groups -OCH3 is 4. The fourth-order valence-electron chi connectivity index (χ4n) is 3.12. The van der Waals surface area contributed by atoms with E-state index < -0.39 is 0 Å². The van der Waals surface area contributed by atoms with Crippen molar-refractivity contribution in [1.29, 1.82) is 0 Å². The first-order valence-electron chi connectivity index (χ1n) is 10.1. The third-order valence-corrected chi connectivity index (χ3v) is 4.70. The Morgan fingerprint density at radius 2 is 1.52 bits per heavy atom. The zero-order valence-electron chi connectivity index (χ0n) is 19.1. The van der Waals surface area contributed by atoms with E-state index in [1.54, 1.807) is 51.5 Å². The number of amides is 1. The second kappa shape index (κ2) is 11.7. The van der Waals surface area contributed by atoms with Crippen LogP contribution >= 0.6 is 0 Å². The summed E-state index contributed by atoms with van der Waals surface area (Å²) in [4.78, 5) is 14.5. The van der Waals surface area contributed by atoms with E-state index in [0.29, 0.717) is 48.4 Å². The molecule has 7 heteroatoms. The lowest BCUT2D eigenvalue weighted by molar-refractivity contribution is -0.126. The molecular weight excluding hydrogens is 398 g/mol. The van der Waals surface area contributed by atoms with Crippen molar-refractivity contribution in [2.75, 3.05) is 41.6 Å². The van der Waals surface area contributed by atoms with Crippen LogP contribution < -0.4 is 23.7 Å². The van der Waals surface area contributed by atoms with Crippen LogP contribution in [0.15, 0.2) is 36.4 Å². The predicted octanol–water partition coefficient (Wildman–Crippen LogP) is 4.18. The molecule has 0 aliphatic heterocycles. The molecule has 0 aliphatic rings. The molecule has 168 valence electrons. The summed E-state index contributed by atoms with van der Waals surface area (Å²) in [5.74, 6) is 2.80. The first-order valence-corrected chi connectivity index (χ1v) is 10.1. The van der Waals surface area contributed by atoms with E-state index in [1.807, 2.05) is 32.0 Å². The van der Waals surface area contributed by atoms with E-state index in [4.69, 9.17) is 23.7 Å². The van der Waals surface area contributed by atoms with Crippen LogP contribution in [0, 0.1) is 0 Å². The number of hydrogen-bond donors (Lipinski definition) is 0. The number of rotatable bonds is 11. The number of ether oxygens (including phenoxy) is 5. The van der Waals surface area contributed by atoms with Gasteiger partial charge in [-0.1, -0.05) is 6.07 Å². The molecular formula is C24H31NO6. The first kappa shape index (κ1) is 23.9. The molecule has 0 unspecified atom stereocenters. The van der Waals surface area contributed by atoms with Gasteiger partial charge in [0.05, 0.1) is 35.0 Å². The van der Waals surface area contributed by atoms with E-state index in [1.165, 1.54) is 6.08 Å². The third kappa shape index (κ3) is 6.07. The van der Waals surface area contributed by atoms with E-state index in [2.05, 4.69) is 0 Å². The Morgan fingerprint density at radius 3 is 2.03 bits per heavy atom. The molecule has 0 aliphatic carbocycles. The minimum atomic E-state index is -0.107. The summed E-state index contributed by atoms with van der Waals surface area (Å²) in [5.41, 5.74) is 1.72. The molecule has 0 saturated carbocycles. The standard InChI is InChI=1S/C24H31NO6/c1-7-25(16-18-9-11-19(31-8-2)20(15-18)27-3)23(26)12-10-17-13-21(28-4)24(30-6)22(14-17)29-5/h9-15H,7-8,16H2,1-6H3/b12-10+. The molecule has 2 aromatic carbocycles. The third-order valence-electron chi connectivity index (χ3n) is 4.70. The number of hydrogen-bond acceptors (Lipinski definition) is 6. The lowest BCUT2D eigenvalue weighted by Gasteiger charge is -2.20. The summed E-state index contributed by atoms with van der Waals surface area (Å²) in [6.45, 7) is 5.44. The number of carbonyl (C=O) groups excluding carboxylic acids is 1. The van der Waals surface area contributed by atoms with Crippen LogP contribution in [-0.2, 0) is 11.3 Å². The average Bonchev–Trinajstić information content (AvgIpc) is 2.80. The summed E-state index contributed by atoms with van der Waals surface area (Å²) in [5, 5.41) is 0. The molecule has 31 heavy (non-hydrogen) atoms. The van der Waals surface area contributed by atoms with Gasteiger partial charge in [0.2, 0.25) is 11.7 Å². The van der Waals surface area contributed by atoms with Crippen molar-refractivity contribution in [3.8, 4) is 28.7 Å². The van der Waals surface area contributed by atoms with Gasteiger partial charge < -0.3 is 28.6 Å². The highest BCUT2D eigenvalue weighted by Crippen LogP contribution is 2.38. The second-order valence-electron chi connectivity index (χ2n) is 6.56. The number of likely N-dealkylation sites (N-methyl/N-ethyl adjacent to an activating group) is 1. The van der Waals surface area contributed by atoms with Gasteiger partial charge in [-0.3, -0.25) is 4.79 Å². The Hall–Kier alpha value is -3.35. The van der Waals surface area contributed by atoms with Crippen molar-refractivity contribution in [2.24, 2.45) is 0 Å². The molecule has 0 bridgehead atoms. The minimum Gasteiger partial charge on any atom is -0.493 e. The van der Waals surface area contributed by atoms with Crippen LogP contribution in [0.2, 0.25) is 0 Å². The fraction of sp³-hybridized carbons (Fsp3) is 0.375. The van der Waals surface area contributed by atoms with E-state index in [9.17, 15) is 4.79 Å². The van der Waals surface area contributed by atoms with Gasteiger partial charge in [0, 0.05) is 19.2 Å². The van der Waals surface area contributed by atoms with Crippen molar-refractivity contribution in [2.45, 2.75) is 20.4 Å². The monoisotopic (exact) mass is 429 g/mol. The largest absolute Gasteiger partial charge is 0.493 e. The van der Waals surface area contributed by atoms with Crippen molar-refractivity contribution >= 4 is 12.0 Å². The summed E-state index contributed by atoms with van der Waals surface area (Å²) in [7, 11) is 6.26. The lowest BCUT2D eigenvalue weighted by Crippen LogP contribution is -2.28. The van der Waals surface area contributed by atoms with Gasteiger partial charge in [-0.25, -0.2) is 0 Å². The van der Waals surface area contributed by atoms with Crippen LogP contribution in [0.1, 0.15) is 25.0 Å². The summed E-state index contributed by atoms with van der Waals surface area (Å²) >= 11 is 0. The van der Waals surface area contributed by atoms with Gasteiger partial charge in [-0.05, 0) is 55.3 Å². The summed E-state index contributed by atoms with van der Waals surface area (Å²) in [6, 6.07) is 9.27. The Balaban J connectivity index is 2.19. The molecule has 2 aromatic rings. The quantitative estimate of drug-likeness (QED) is 0.499. The fourth-order valence-corrected chi connectivity index (χ4v) is 3.12. The van der Waals surface area contributed by atoms with E-state index in [0.717, 1.165) is 11.1 Å². The van der Waals surface area contributed by atoms with Gasteiger partial charge in [0.25, 0.3) is 0 Å². The highest BCUT2D eigenvalue weighted by atomic mass is 16.5. The van der Waals surface area contributed by atoms with E-state index >= 15 is 0 Å². The molecule has 0 saturated heterocycles. The first-order chi connectivity index (χ1) is 15.0. The van der Waals surface area contributed by atoms with Crippen molar-refractivity contribution < 1.29 is 28.5 Å². The Labute approximate surface area is 184 Å². The zero-order chi connectivity index (χ0) is 22.8. The van der Waals surface area contributed by atoms with Gasteiger partial charge in [-0.15, -0.1) is 0 Å². The summed E-state index contributed by atoms with van der Waals surface area (Å²) in [6.07, 6.45) is 3.27. The maximum absolute atomic E-state index is 12.8. The maximum Gasteiger partial charge on any atom is 0.246 e. The van der Waals surface area contributed by atoms with E-state index in [-0.39, 0.29) is 5.91 Å². The Bertz CT molecular complexity index is 884. The van der Waals surface area contributed by atoms with Crippen LogP contribution in [0.25, 0.3) is 6.08 Å². The lowest BCUT2D eigenvalue weighted by atomic mass is 10.1. The molecule has 2 rings (SSSR count). The highest BCUT2D eigenvalue weighted by Gasteiger charge is 2.14. The molecule has 0 heterocycles. The molecule has 0 radical (unpaired) electrons. The van der Waals surface area contributed by atoms with Gasteiger partial charge in [0.1, 0.15) is 0 Å². The molecule has 0 spiro atoms. The van der Waals surface area contributed by atoms with Crippen LogP contribution in [0.3, 0.4) is 0 Å². The molecule has 0 atom stereocenters. The predicted molar refractivity (Wildman–Crippen MR) is 120 cm³/mol. The van der Waals surface area contributed by atoms with Crippen LogP contribution in [-0.4, -0.2) is 52.4 Å². The maximum atomic E-state index is 12.8. The number of carbonyl (C=O) groups is 1. The van der Waals surface area contributed by atoms with Crippen molar-refractivity contribution in [3.05, 3.63) is 47.5 Å². The average molecular weight is 430 g/mol. The topological polar surface area (TPSA) is 66.5 Å². The second-order valence-corrected chi connectivity index (χ2v) is 6.56. The molecule has 1 amide bonds. The van der Waals surface area contributed by atoms with Crippen molar-refractivity contribution in [3.63, 3.8) is 0 Å². The Morgan fingerprint density at radius 1 is 0.871 bits per heavy atom. The van der Waals surface area contributed by atoms with Crippen LogP contribution in [0.5, 0.6) is 28.7 Å². The van der Waals surface area contributed by atoms with Crippen molar-refractivity contribution in [1.82, 2.24) is 4.90 Å². The van der Waals surface area contributed by atoms with Crippen LogP contribution in [0.4, 0.5) is 0 Å². The normalized spacial score (nSPS) is 10.6. The molecule has 0 N–H and O–H groups in total. The smallest absolute Gasteiger partial charge is 0.246 e. The molecule has 7 nitrogen and oxygen atoms in total.